The van der Waals surface area contributed by atoms with Gasteiger partial charge in [0.1, 0.15) is 0 Å². The molecular weight excluding hydrogens is 278 g/mol. The smallest absolute Gasteiger partial charge is 0.269 e. The average molecular weight is 293 g/mol. The summed E-state index contributed by atoms with van der Waals surface area (Å²) >= 11 is 1.58. The summed E-state index contributed by atoms with van der Waals surface area (Å²) in [5.74, 6) is 0. The zero-order chi connectivity index (χ0) is 14.7. The van der Waals surface area contributed by atoms with Crippen molar-refractivity contribution >= 4 is 22.7 Å². The van der Waals surface area contributed by atoms with Crippen LogP contribution in [-0.2, 0) is 13.2 Å². The monoisotopic (exact) mass is 293 g/mol. The molecule has 0 bridgehead atoms. The van der Waals surface area contributed by atoms with E-state index in [1.165, 1.54) is 12.1 Å². The number of aromatic nitrogens is 1. The van der Waals surface area contributed by atoms with E-state index in [2.05, 4.69) is 4.98 Å². The summed E-state index contributed by atoms with van der Waals surface area (Å²) < 4.78 is 0. The van der Waals surface area contributed by atoms with Crippen molar-refractivity contribution in [3.8, 4) is 0 Å². The second kappa shape index (κ2) is 5.98. The van der Waals surface area contributed by atoms with Crippen molar-refractivity contribution < 1.29 is 10.0 Å². The Morgan fingerprint density at radius 3 is 2.80 bits per heavy atom. The quantitative estimate of drug-likeness (QED) is 0.676. The predicted molar refractivity (Wildman–Crippen MR) is 78.0 cm³/mol. The van der Waals surface area contributed by atoms with Gasteiger partial charge in [-0.25, -0.2) is 4.98 Å². The molecule has 0 aliphatic rings. The minimum Gasteiger partial charge on any atom is -0.392 e. The van der Waals surface area contributed by atoms with Crippen LogP contribution in [0.15, 0.2) is 23.6 Å². The number of rotatable bonds is 5. The molecule has 106 valence electrons. The Bertz CT molecular complexity index is 627. The second-order valence-corrected chi connectivity index (χ2v) is 5.50. The molecule has 20 heavy (non-hydrogen) atoms. The van der Waals surface area contributed by atoms with Gasteiger partial charge in [-0.3, -0.25) is 10.1 Å². The Morgan fingerprint density at radius 1 is 1.50 bits per heavy atom. The zero-order valence-electron chi connectivity index (χ0n) is 11.2. The van der Waals surface area contributed by atoms with E-state index in [-0.39, 0.29) is 12.3 Å². The average Bonchev–Trinajstić information content (AvgIpc) is 2.83. The number of aliphatic hydroxyl groups is 1. The van der Waals surface area contributed by atoms with Gasteiger partial charge in [0.2, 0.25) is 0 Å². The van der Waals surface area contributed by atoms with Gasteiger partial charge in [0.25, 0.3) is 5.69 Å². The Balaban J connectivity index is 2.24. The van der Waals surface area contributed by atoms with E-state index in [1.807, 2.05) is 24.3 Å². The lowest BCUT2D eigenvalue weighted by atomic mass is 10.1. The van der Waals surface area contributed by atoms with Crippen molar-refractivity contribution in [3.05, 3.63) is 50.0 Å². The van der Waals surface area contributed by atoms with Crippen LogP contribution in [0.2, 0.25) is 0 Å². The highest BCUT2D eigenvalue weighted by atomic mass is 32.1. The second-order valence-electron chi connectivity index (χ2n) is 4.44. The highest BCUT2D eigenvalue weighted by Gasteiger charge is 2.14. The Morgan fingerprint density at radius 2 is 2.25 bits per heavy atom. The van der Waals surface area contributed by atoms with Gasteiger partial charge in [0.05, 0.1) is 28.8 Å². The van der Waals surface area contributed by atoms with Gasteiger partial charge in [0.15, 0.2) is 0 Å². The first kappa shape index (κ1) is 14.4. The third kappa shape index (κ3) is 3.12. The number of thiazole rings is 1. The first-order chi connectivity index (χ1) is 9.51. The van der Waals surface area contributed by atoms with E-state index in [0.29, 0.717) is 12.1 Å². The van der Waals surface area contributed by atoms with Crippen LogP contribution in [0, 0.1) is 17.0 Å². The van der Waals surface area contributed by atoms with Crippen LogP contribution >= 0.6 is 11.3 Å². The summed E-state index contributed by atoms with van der Waals surface area (Å²) in [4.78, 5) is 16.6. The fraction of sp³-hybridized carbons (Fsp3) is 0.308. The van der Waals surface area contributed by atoms with Crippen LogP contribution < -0.4 is 4.90 Å². The van der Waals surface area contributed by atoms with Gasteiger partial charge in [-0.1, -0.05) is 0 Å². The third-order valence-electron chi connectivity index (χ3n) is 2.92. The number of aryl methyl sites for hydroxylation is 1. The van der Waals surface area contributed by atoms with Crippen LogP contribution in [0.25, 0.3) is 0 Å². The molecule has 1 aromatic heterocycles. The number of aliphatic hydroxyl groups excluding tert-OH is 1. The van der Waals surface area contributed by atoms with Crippen molar-refractivity contribution in [2.75, 3.05) is 11.9 Å². The van der Waals surface area contributed by atoms with E-state index in [9.17, 15) is 15.2 Å². The minimum atomic E-state index is -0.466. The van der Waals surface area contributed by atoms with E-state index in [1.54, 1.807) is 17.4 Å². The summed E-state index contributed by atoms with van der Waals surface area (Å²) in [6, 6.07) is 4.50. The van der Waals surface area contributed by atoms with Crippen LogP contribution in [0.4, 0.5) is 11.4 Å². The number of nitro groups is 1. The number of hydrogen-bond acceptors (Lipinski definition) is 6. The van der Waals surface area contributed by atoms with Gasteiger partial charge in [-0.2, -0.15) is 0 Å². The standard InChI is InChI=1S/C13H15N3O3S/c1-9-14-11(8-20-9)6-15(2)13-4-3-12(16(18)19)5-10(13)7-17/h3-5,8,17H,6-7H2,1-2H3. The Kier molecular flexibility index (Phi) is 4.31. The zero-order valence-corrected chi connectivity index (χ0v) is 12.1. The molecule has 0 spiro atoms. The van der Waals surface area contributed by atoms with Crippen molar-refractivity contribution in [3.63, 3.8) is 0 Å². The van der Waals surface area contributed by atoms with E-state index < -0.39 is 4.92 Å². The van der Waals surface area contributed by atoms with Gasteiger partial charge >= 0.3 is 0 Å². The highest BCUT2D eigenvalue weighted by molar-refractivity contribution is 7.09. The van der Waals surface area contributed by atoms with Crippen molar-refractivity contribution in [1.29, 1.82) is 0 Å². The van der Waals surface area contributed by atoms with Crippen LogP contribution in [-0.4, -0.2) is 22.1 Å². The molecule has 0 amide bonds. The van der Waals surface area contributed by atoms with Gasteiger partial charge in [-0.05, 0) is 13.0 Å². The molecule has 2 aromatic rings. The number of non-ortho nitro benzene ring substituents is 1. The van der Waals surface area contributed by atoms with Crippen molar-refractivity contribution in [1.82, 2.24) is 4.98 Å². The number of anilines is 1. The molecule has 0 saturated carbocycles. The van der Waals surface area contributed by atoms with Gasteiger partial charge in [-0.15, -0.1) is 11.3 Å². The maximum Gasteiger partial charge on any atom is 0.269 e. The molecule has 6 nitrogen and oxygen atoms in total. The molecule has 0 aliphatic heterocycles. The molecule has 0 saturated heterocycles. The normalized spacial score (nSPS) is 10.6. The molecule has 0 unspecified atom stereocenters. The van der Waals surface area contributed by atoms with Crippen molar-refractivity contribution in [2.45, 2.75) is 20.1 Å². The molecule has 1 N–H and O–H groups in total. The Labute approximate surface area is 120 Å². The summed E-state index contributed by atoms with van der Waals surface area (Å²) in [5, 5.41) is 23.1. The highest BCUT2D eigenvalue weighted by Crippen LogP contribution is 2.26. The minimum absolute atomic E-state index is 0.0179. The molecule has 2 rings (SSSR count). The number of benzene rings is 1. The van der Waals surface area contributed by atoms with Crippen LogP contribution in [0.1, 0.15) is 16.3 Å². The summed E-state index contributed by atoms with van der Waals surface area (Å²) in [6.45, 7) is 2.30. The molecule has 0 aliphatic carbocycles. The SMILES string of the molecule is Cc1nc(CN(C)c2ccc([N+](=O)[O-])cc2CO)cs1. The maximum absolute atomic E-state index is 10.7. The molecule has 7 heteroatoms. The van der Waals surface area contributed by atoms with E-state index in [0.717, 1.165) is 16.4 Å². The first-order valence-electron chi connectivity index (χ1n) is 6.01. The summed E-state index contributed by atoms with van der Waals surface area (Å²) in [7, 11) is 1.87. The summed E-state index contributed by atoms with van der Waals surface area (Å²) in [6.07, 6.45) is 0. The Hall–Kier alpha value is -1.99. The molecule has 0 fully saturated rings. The molecular formula is C13H15N3O3S. The van der Waals surface area contributed by atoms with E-state index >= 15 is 0 Å². The van der Waals surface area contributed by atoms with Gasteiger partial charge < -0.3 is 10.0 Å². The lowest BCUT2D eigenvalue weighted by Crippen LogP contribution is -2.18. The fourth-order valence-electron chi connectivity index (χ4n) is 1.99. The lowest BCUT2D eigenvalue weighted by Gasteiger charge is -2.20. The van der Waals surface area contributed by atoms with Crippen LogP contribution in [0.5, 0.6) is 0 Å². The maximum atomic E-state index is 10.7. The summed E-state index contributed by atoms with van der Waals surface area (Å²) in [5.41, 5.74) is 2.23. The van der Waals surface area contributed by atoms with Crippen molar-refractivity contribution in [2.24, 2.45) is 0 Å². The molecule has 0 radical (unpaired) electrons. The van der Waals surface area contributed by atoms with Crippen LogP contribution in [0.3, 0.4) is 0 Å². The number of nitrogens with zero attached hydrogens (tertiary/aromatic N) is 3. The number of hydrogen-bond donors (Lipinski definition) is 1. The van der Waals surface area contributed by atoms with E-state index in [4.69, 9.17) is 0 Å². The first-order valence-corrected chi connectivity index (χ1v) is 6.89. The molecule has 1 aromatic carbocycles. The molecule has 0 atom stereocenters. The lowest BCUT2D eigenvalue weighted by molar-refractivity contribution is -0.384. The predicted octanol–water partition coefficient (Wildman–Crippen LogP) is 2.49. The fourth-order valence-corrected chi connectivity index (χ4v) is 2.60. The van der Waals surface area contributed by atoms with Gasteiger partial charge in [0, 0.05) is 35.8 Å². The third-order valence-corrected chi connectivity index (χ3v) is 3.74. The molecule has 1 heterocycles. The number of nitro benzene ring substituents is 1. The largest absolute Gasteiger partial charge is 0.392 e. The topological polar surface area (TPSA) is 79.5 Å².